The highest BCUT2D eigenvalue weighted by Crippen LogP contribution is 2.37. The first-order valence-electron chi connectivity index (χ1n) is 12.5. The van der Waals surface area contributed by atoms with E-state index in [-0.39, 0.29) is 29.2 Å². The van der Waals surface area contributed by atoms with Crippen molar-refractivity contribution in [3.05, 3.63) is 78.8 Å². The summed E-state index contributed by atoms with van der Waals surface area (Å²) in [5.74, 6) is -0.572. The summed E-state index contributed by atoms with van der Waals surface area (Å²) >= 11 is 0. The van der Waals surface area contributed by atoms with Gasteiger partial charge < -0.3 is 4.90 Å². The van der Waals surface area contributed by atoms with E-state index in [0.29, 0.717) is 19.4 Å². The molecule has 192 valence electrons. The van der Waals surface area contributed by atoms with Gasteiger partial charge in [0.2, 0.25) is 5.91 Å². The summed E-state index contributed by atoms with van der Waals surface area (Å²) in [5, 5.41) is -0.0851. The third-order valence-electron chi connectivity index (χ3n) is 7.16. The molecule has 4 heterocycles. The number of ketones is 1. The largest absolute Gasteiger partial charge is 0.330 e. The van der Waals surface area contributed by atoms with Gasteiger partial charge in [-0.1, -0.05) is 50.2 Å². The molecule has 0 radical (unpaired) electrons. The number of sulfonamides is 1. The van der Waals surface area contributed by atoms with E-state index in [0.717, 1.165) is 16.7 Å². The summed E-state index contributed by atoms with van der Waals surface area (Å²) in [7, 11) is -3.95. The minimum absolute atomic E-state index is 0.0851. The topological polar surface area (TPSA) is 101 Å². The van der Waals surface area contributed by atoms with Gasteiger partial charge in [-0.2, -0.15) is 4.31 Å². The molecule has 2 saturated heterocycles. The van der Waals surface area contributed by atoms with Crippen molar-refractivity contribution in [3.8, 4) is 11.1 Å². The standard InChI is InChI=1S/C28H30N4O4S/c1-19(2)15-23(21-8-5-7-20(16-21)22-9-6-12-29-17-22)28(34)31-14-11-24-27(31)25(33)18-32(24)37(35,36)26-10-3-4-13-30-26/h3-10,12-13,16-17,19,23-24,27H,11,14-15,18H2,1-2H3. The summed E-state index contributed by atoms with van der Waals surface area (Å²) in [6, 6.07) is 15.1. The van der Waals surface area contributed by atoms with Crippen molar-refractivity contribution in [3.63, 3.8) is 0 Å². The van der Waals surface area contributed by atoms with Crippen LogP contribution in [0.2, 0.25) is 0 Å². The first-order valence-corrected chi connectivity index (χ1v) is 14.0. The zero-order valence-electron chi connectivity index (χ0n) is 20.9. The van der Waals surface area contributed by atoms with Crippen molar-refractivity contribution in [1.82, 2.24) is 19.2 Å². The fourth-order valence-corrected chi connectivity index (χ4v) is 7.04. The molecular formula is C28H30N4O4S. The van der Waals surface area contributed by atoms with Crippen LogP contribution in [0, 0.1) is 5.92 Å². The van der Waals surface area contributed by atoms with Crippen LogP contribution in [0.4, 0.5) is 0 Å². The summed E-state index contributed by atoms with van der Waals surface area (Å²) < 4.78 is 27.8. The van der Waals surface area contributed by atoms with Crippen LogP contribution in [-0.2, 0) is 19.6 Å². The normalized spacial score (nSPS) is 20.8. The lowest BCUT2D eigenvalue weighted by atomic mass is 9.87. The van der Waals surface area contributed by atoms with Gasteiger partial charge in [-0.3, -0.25) is 14.6 Å². The van der Waals surface area contributed by atoms with E-state index in [1.54, 1.807) is 29.4 Å². The maximum absolute atomic E-state index is 14.0. The van der Waals surface area contributed by atoms with E-state index < -0.39 is 28.0 Å². The van der Waals surface area contributed by atoms with Crippen LogP contribution in [-0.4, -0.2) is 64.5 Å². The molecular weight excluding hydrogens is 488 g/mol. The highest BCUT2D eigenvalue weighted by Gasteiger charge is 2.54. The maximum atomic E-state index is 14.0. The minimum Gasteiger partial charge on any atom is -0.330 e. The van der Waals surface area contributed by atoms with Gasteiger partial charge >= 0.3 is 0 Å². The van der Waals surface area contributed by atoms with Crippen molar-refractivity contribution in [2.24, 2.45) is 5.92 Å². The van der Waals surface area contributed by atoms with Crippen molar-refractivity contribution < 1.29 is 18.0 Å². The van der Waals surface area contributed by atoms with E-state index in [4.69, 9.17) is 0 Å². The zero-order valence-corrected chi connectivity index (χ0v) is 21.7. The lowest BCUT2D eigenvalue weighted by Crippen LogP contribution is -2.45. The second kappa shape index (κ2) is 10.1. The molecule has 3 unspecified atom stereocenters. The summed E-state index contributed by atoms with van der Waals surface area (Å²) in [4.78, 5) is 37.0. The third-order valence-corrected chi connectivity index (χ3v) is 8.95. The summed E-state index contributed by atoms with van der Waals surface area (Å²) in [6.07, 6.45) is 5.96. The molecule has 0 N–H and O–H groups in total. The van der Waals surface area contributed by atoms with Crippen molar-refractivity contribution >= 4 is 21.7 Å². The summed E-state index contributed by atoms with van der Waals surface area (Å²) in [5.41, 5.74) is 2.81. The number of likely N-dealkylation sites (tertiary alicyclic amines) is 1. The molecule has 2 aliphatic rings. The van der Waals surface area contributed by atoms with Crippen LogP contribution in [0.3, 0.4) is 0 Å². The Morgan fingerprint density at radius 2 is 1.86 bits per heavy atom. The van der Waals surface area contributed by atoms with E-state index in [2.05, 4.69) is 23.8 Å². The van der Waals surface area contributed by atoms with Crippen molar-refractivity contribution in [1.29, 1.82) is 0 Å². The van der Waals surface area contributed by atoms with Crippen LogP contribution in [0.1, 0.15) is 38.2 Å². The fraction of sp³-hybridized carbons (Fsp3) is 0.357. The Bertz CT molecular complexity index is 1400. The lowest BCUT2D eigenvalue weighted by molar-refractivity contribution is -0.138. The van der Waals surface area contributed by atoms with Gasteiger partial charge in [0.05, 0.1) is 18.5 Å². The smallest absolute Gasteiger partial charge is 0.261 e. The second-order valence-electron chi connectivity index (χ2n) is 10.1. The molecule has 5 rings (SSSR count). The van der Waals surface area contributed by atoms with Gasteiger partial charge in [0, 0.05) is 25.1 Å². The number of benzene rings is 1. The number of carbonyl (C=O) groups excluding carboxylic acids is 2. The first-order chi connectivity index (χ1) is 17.8. The zero-order chi connectivity index (χ0) is 26.2. The number of fused-ring (bicyclic) bond motifs is 1. The van der Waals surface area contributed by atoms with Crippen LogP contribution >= 0.6 is 0 Å². The quantitative estimate of drug-likeness (QED) is 0.475. The Kier molecular flexibility index (Phi) is 6.92. The van der Waals surface area contributed by atoms with Crippen molar-refractivity contribution in [2.45, 2.75) is 49.7 Å². The van der Waals surface area contributed by atoms with E-state index in [1.165, 1.54) is 16.6 Å². The monoisotopic (exact) mass is 518 g/mol. The van der Waals surface area contributed by atoms with E-state index in [1.807, 2.05) is 36.4 Å². The van der Waals surface area contributed by atoms with Crippen LogP contribution in [0.15, 0.2) is 78.2 Å². The Morgan fingerprint density at radius 3 is 2.57 bits per heavy atom. The van der Waals surface area contributed by atoms with Gasteiger partial charge in [0.25, 0.3) is 10.0 Å². The van der Waals surface area contributed by atoms with Gasteiger partial charge in [-0.05, 0) is 53.6 Å². The molecule has 1 aromatic carbocycles. The molecule has 37 heavy (non-hydrogen) atoms. The number of Topliss-reactive ketones (excluding diaryl/α,β-unsaturated/α-hetero) is 1. The highest BCUT2D eigenvalue weighted by molar-refractivity contribution is 7.89. The molecule has 2 aromatic heterocycles. The number of nitrogens with zero attached hydrogens (tertiary/aromatic N) is 4. The van der Waals surface area contributed by atoms with Gasteiger partial charge in [-0.15, -0.1) is 0 Å². The van der Waals surface area contributed by atoms with Crippen molar-refractivity contribution in [2.75, 3.05) is 13.1 Å². The second-order valence-corrected chi connectivity index (χ2v) is 11.9. The number of aromatic nitrogens is 2. The number of rotatable bonds is 7. The third kappa shape index (κ3) is 4.81. The molecule has 0 spiro atoms. The number of hydrogen-bond acceptors (Lipinski definition) is 6. The Hall–Kier alpha value is -3.43. The highest BCUT2D eigenvalue weighted by atomic mass is 32.2. The number of amides is 1. The molecule has 0 saturated carbocycles. The first kappa shape index (κ1) is 25.2. The molecule has 3 aromatic rings. The maximum Gasteiger partial charge on any atom is 0.261 e. The van der Waals surface area contributed by atoms with Crippen LogP contribution < -0.4 is 0 Å². The Balaban J connectivity index is 1.44. The fourth-order valence-electron chi connectivity index (χ4n) is 5.48. The van der Waals surface area contributed by atoms with E-state index >= 15 is 0 Å². The van der Waals surface area contributed by atoms with Gasteiger partial charge in [-0.25, -0.2) is 13.4 Å². The van der Waals surface area contributed by atoms with E-state index in [9.17, 15) is 18.0 Å². The lowest BCUT2D eigenvalue weighted by Gasteiger charge is -2.29. The molecule has 3 atom stereocenters. The summed E-state index contributed by atoms with van der Waals surface area (Å²) in [6.45, 7) is 4.23. The predicted octanol–water partition coefficient (Wildman–Crippen LogP) is 3.52. The molecule has 9 heteroatoms. The number of hydrogen-bond donors (Lipinski definition) is 0. The number of carbonyl (C=O) groups is 2. The molecule has 2 aliphatic heterocycles. The average Bonchev–Trinajstić information content (AvgIpc) is 3.49. The van der Waals surface area contributed by atoms with Gasteiger partial charge in [0.1, 0.15) is 6.04 Å². The van der Waals surface area contributed by atoms with Crippen LogP contribution in [0.5, 0.6) is 0 Å². The minimum atomic E-state index is -3.95. The van der Waals surface area contributed by atoms with Gasteiger partial charge in [0.15, 0.2) is 10.8 Å². The molecule has 1 amide bonds. The molecule has 2 fully saturated rings. The number of pyridine rings is 2. The Morgan fingerprint density at radius 1 is 1.05 bits per heavy atom. The molecule has 0 bridgehead atoms. The average molecular weight is 519 g/mol. The van der Waals surface area contributed by atoms with Crippen LogP contribution in [0.25, 0.3) is 11.1 Å². The SMILES string of the molecule is CC(C)CC(C(=O)N1CCC2C1C(=O)CN2S(=O)(=O)c1ccccn1)c1cccc(-c2cccnc2)c1. The Labute approximate surface area is 217 Å². The predicted molar refractivity (Wildman–Crippen MR) is 139 cm³/mol. The molecule has 0 aliphatic carbocycles. The molecule has 8 nitrogen and oxygen atoms in total.